The zero-order valence-electron chi connectivity index (χ0n) is 10.3. The second kappa shape index (κ2) is 4.80. The average molecular weight is 258 g/mol. The van der Waals surface area contributed by atoms with E-state index in [9.17, 15) is 13.2 Å². The maximum absolute atomic E-state index is 12.6. The number of hydrogen-bond donors (Lipinski definition) is 1. The Bertz CT molecular complexity index is 421. The molecule has 2 N–H and O–H groups in total. The van der Waals surface area contributed by atoms with Gasteiger partial charge in [-0.1, -0.05) is 6.07 Å². The van der Waals surface area contributed by atoms with Gasteiger partial charge in [0.25, 0.3) is 0 Å². The number of halogens is 3. The molecule has 1 aliphatic heterocycles. The van der Waals surface area contributed by atoms with Crippen LogP contribution in [0.5, 0.6) is 0 Å². The van der Waals surface area contributed by atoms with Crippen molar-refractivity contribution in [3.05, 3.63) is 29.3 Å². The summed E-state index contributed by atoms with van der Waals surface area (Å²) >= 11 is 0. The van der Waals surface area contributed by atoms with E-state index in [1.54, 1.807) is 6.07 Å². The van der Waals surface area contributed by atoms with Crippen molar-refractivity contribution in [3.8, 4) is 0 Å². The van der Waals surface area contributed by atoms with Gasteiger partial charge in [-0.2, -0.15) is 13.2 Å². The maximum atomic E-state index is 12.6. The number of rotatable bonds is 1. The molecule has 1 heterocycles. The van der Waals surface area contributed by atoms with Gasteiger partial charge in [0, 0.05) is 5.69 Å². The lowest BCUT2D eigenvalue weighted by atomic mass is 9.88. The summed E-state index contributed by atoms with van der Waals surface area (Å²) in [6.45, 7) is 1.96. The number of nitrogens with two attached hydrogens (primary N) is 1. The quantitative estimate of drug-likeness (QED) is 0.784. The number of nitrogens with zero attached hydrogens (tertiary/aromatic N) is 1. The van der Waals surface area contributed by atoms with Gasteiger partial charge < -0.3 is 10.6 Å². The predicted molar refractivity (Wildman–Crippen MR) is 65.3 cm³/mol. The van der Waals surface area contributed by atoms with E-state index in [2.05, 4.69) is 11.9 Å². The summed E-state index contributed by atoms with van der Waals surface area (Å²) in [7, 11) is 2.05. The Balaban J connectivity index is 2.19. The maximum Gasteiger partial charge on any atom is 0.418 e. The third-order valence-corrected chi connectivity index (χ3v) is 3.57. The van der Waals surface area contributed by atoms with Gasteiger partial charge in [0.15, 0.2) is 0 Å². The van der Waals surface area contributed by atoms with Crippen molar-refractivity contribution in [2.45, 2.75) is 24.9 Å². The summed E-state index contributed by atoms with van der Waals surface area (Å²) in [5.74, 6) is 0.325. The highest BCUT2D eigenvalue weighted by atomic mass is 19.4. The lowest BCUT2D eigenvalue weighted by Gasteiger charge is -2.29. The number of piperidine rings is 1. The second-order valence-electron chi connectivity index (χ2n) is 4.92. The monoisotopic (exact) mass is 258 g/mol. The van der Waals surface area contributed by atoms with Gasteiger partial charge in [-0.15, -0.1) is 0 Å². The first-order valence-corrected chi connectivity index (χ1v) is 6.03. The van der Waals surface area contributed by atoms with Gasteiger partial charge in [0.05, 0.1) is 5.56 Å². The number of hydrogen-bond acceptors (Lipinski definition) is 2. The second-order valence-corrected chi connectivity index (χ2v) is 4.92. The van der Waals surface area contributed by atoms with Crippen molar-refractivity contribution >= 4 is 5.69 Å². The van der Waals surface area contributed by atoms with E-state index in [-0.39, 0.29) is 5.69 Å². The molecular weight excluding hydrogens is 241 g/mol. The predicted octanol–water partition coefficient (Wildman–Crippen LogP) is 3.10. The van der Waals surface area contributed by atoms with Gasteiger partial charge >= 0.3 is 6.18 Å². The Labute approximate surface area is 105 Å². The van der Waals surface area contributed by atoms with Crippen LogP contribution in [0.15, 0.2) is 18.2 Å². The van der Waals surface area contributed by atoms with Crippen LogP contribution >= 0.6 is 0 Å². The van der Waals surface area contributed by atoms with Crippen LogP contribution in [0.4, 0.5) is 18.9 Å². The van der Waals surface area contributed by atoms with Crippen LogP contribution < -0.4 is 5.73 Å². The first-order valence-electron chi connectivity index (χ1n) is 6.03. The average Bonchev–Trinajstić information content (AvgIpc) is 2.28. The smallest absolute Gasteiger partial charge is 0.398 e. The van der Waals surface area contributed by atoms with Crippen molar-refractivity contribution in [1.82, 2.24) is 4.90 Å². The molecule has 0 spiro atoms. The Morgan fingerprint density at radius 1 is 1.22 bits per heavy atom. The van der Waals surface area contributed by atoms with E-state index in [1.807, 2.05) is 0 Å². The molecular formula is C13H17F3N2. The normalized spacial score (nSPS) is 19.1. The summed E-state index contributed by atoms with van der Waals surface area (Å²) in [4.78, 5) is 2.23. The van der Waals surface area contributed by atoms with Crippen LogP contribution in [-0.2, 0) is 6.18 Å². The number of likely N-dealkylation sites (tertiary alicyclic amines) is 1. The topological polar surface area (TPSA) is 29.3 Å². The molecule has 0 amide bonds. The van der Waals surface area contributed by atoms with Crippen LogP contribution in [-0.4, -0.2) is 25.0 Å². The van der Waals surface area contributed by atoms with E-state index in [1.165, 1.54) is 6.07 Å². The highest BCUT2D eigenvalue weighted by molar-refractivity contribution is 5.51. The Kier molecular flexibility index (Phi) is 3.52. The molecule has 0 radical (unpaired) electrons. The van der Waals surface area contributed by atoms with Gasteiger partial charge in [0.1, 0.15) is 0 Å². The molecule has 1 aromatic rings. The summed E-state index contributed by atoms with van der Waals surface area (Å²) in [6, 6.07) is 4.15. The van der Waals surface area contributed by atoms with Crippen molar-refractivity contribution < 1.29 is 13.2 Å². The third-order valence-electron chi connectivity index (χ3n) is 3.57. The molecule has 1 saturated heterocycles. The fourth-order valence-electron chi connectivity index (χ4n) is 2.44. The number of alkyl halides is 3. The number of nitrogen functional groups attached to an aromatic ring is 1. The van der Waals surface area contributed by atoms with E-state index in [4.69, 9.17) is 5.73 Å². The lowest BCUT2D eigenvalue weighted by molar-refractivity contribution is -0.136. The molecule has 1 fully saturated rings. The molecule has 2 nitrogen and oxygen atoms in total. The first-order chi connectivity index (χ1) is 8.38. The molecule has 0 bridgehead atoms. The van der Waals surface area contributed by atoms with Gasteiger partial charge in [-0.25, -0.2) is 0 Å². The summed E-state index contributed by atoms with van der Waals surface area (Å²) < 4.78 is 37.8. The lowest BCUT2D eigenvalue weighted by Crippen LogP contribution is -2.29. The van der Waals surface area contributed by atoms with E-state index in [0.717, 1.165) is 37.6 Å². The van der Waals surface area contributed by atoms with E-state index >= 15 is 0 Å². The minimum atomic E-state index is -4.37. The molecule has 100 valence electrons. The van der Waals surface area contributed by atoms with E-state index in [0.29, 0.717) is 5.92 Å². The standard InChI is InChI=1S/C13H17F3N2/c1-18-6-4-9(5-7-18)10-2-3-11(12(17)8-10)13(14,15)16/h2-3,8-9H,4-7,17H2,1H3. The highest BCUT2D eigenvalue weighted by Crippen LogP contribution is 2.36. The molecule has 1 aromatic carbocycles. The molecule has 0 unspecified atom stereocenters. The third kappa shape index (κ3) is 2.77. The molecule has 0 aromatic heterocycles. The van der Waals surface area contributed by atoms with Crippen LogP contribution in [0, 0.1) is 0 Å². The fourth-order valence-corrected chi connectivity index (χ4v) is 2.44. The fraction of sp³-hybridized carbons (Fsp3) is 0.538. The minimum absolute atomic E-state index is 0.168. The Morgan fingerprint density at radius 3 is 2.33 bits per heavy atom. The van der Waals surface area contributed by atoms with Gasteiger partial charge in [-0.3, -0.25) is 0 Å². The van der Waals surface area contributed by atoms with Crippen LogP contribution in [0.1, 0.15) is 29.9 Å². The molecule has 5 heteroatoms. The Morgan fingerprint density at radius 2 is 1.83 bits per heavy atom. The van der Waals surface area contributed by atoms with Gasteiger partial charge in [0.2, 0.25) is 0 Å². The van der Waals surface area contributed by atoms with Gasteiger partial charge in [-0.05, 0) is 56.6 Å². The highest BCUT2D eigenvalue weighted by Gasteiger charge is 2.33. The van der Waals surface area contributed by atoms with Crippen molar-refractivity contribution in [2.24, 2.45) is 0 Å². The molecule has 18 heavy (non-hydrogen) atoms. The van der Waals surface area contributed by atoms with Crippen LogP contribution in [0.3, 0.4) is 0 Å². The largest absolute Gasteiger partial charge is 0.418 e. The summed E-state index contributed by atoms with van der Waals surface area (Å²) in [6.07, 6.45) is -2.42. The van der Waals surface area contributed by atoms with Crippen LogP contribution in [0.2, 0.25) is 0 Å². The zero-order valence-corrected chi connectivity index (χ0v) is 10.3. The number of anilines is 1. The molecule has 0 saturated carbocycles. The first kappa shape index (κ1) is 13.2. The molecule has 1 aliphatic rings. The molecule has 0 atom stereocenters. The Hall–Kier alpha value is -1.23. The summed E-state index contributed by atoms with van der Waals surface area (Å²) in [5, 5.41) is 0. The van der Waals surface area contributed by atoms with Crippen molar-refractivity contribution in [1.29, 1.82) is 0 Å². The van der Waals surface area contributed by atoms with Crippen molar-refractivity contribution in [2.75, 3.05) is 25.9 Å². The summed E-state index contributed by atoms with van der Waals surface area (Å²) in [5.41, 5.74) is 5.53. The van der Waals surface area contributed by atoms with Crippen LogP contribution in [0.25, 0.3) is 0 Å². The van der Waals surface area contributed by atoms with Crippen molar-refractivity contribution in [3.63, 3.8) is 0 Å². The SMILES string of the molecule is CN1CCC(c2ccc(C(F)(F)F)c(N)c2)CC1. The molecule has 2 rings (SSSR count). The zero-order chi connectivity index (χ0) is 13.3. The van der Waals surface area contributed by atoms with E-state index < -0.39 is 11.7 Å². The molecule has 0 aliphatic carbocycles. The number of benzene rings is 1. The minimum Gasteiger partial charge on any atom is -0.398 e.